The van der Waals surface area contributed by atoms with E-state index in [4.69, 9.17) is 0 Å². The number of rotatable bonds is 10. The Hall–Kier alpha value is -1.21. The number of hydrogen-bond donors (Lipinski definition) is 0. The molecule has 0 N–H and O–H groups in total. The minimum atomic E-state index is 0.534. The molecule has 0 aliphatic heterocycles. The molecule has 0 fully saturated rings. The fourth-order valence-corrected chi connectivity index (χ4v) is 5.41. The van der Waals surface area contributed by atoms with Crippen molar-refractivity contribution in [3.8, 4) is 0 Å². The molecule has 29 heavy (non-hydrogen) atoms. The van der Waals surface area contributed by atoms with Crippen molar-refractivity contribution in [2.24, 2.45) is 0 Å². The summed E-state index contributed by atoms with van der Waals surface area (Å²) < 4.78 is 0. The molecule has 1 heteroatoms. The molecule has 2 aromatic carbocycles. The van der Waals surface area contributed by atoms with Gasteiger partial charge in [0.1, 0.15) is 0 Å². The van der Waals surface area contributed by atoms with Gasteiger partial charge in [-0.1, -0.05) is 104 Å². The molecule has 0 saturated heterocycles. The molecule has 0 unspecified atom stereocenters. The average molecular weight is 411 g/mol. The van der Waals surface area contributed by atoms with Crippen LogP contribution < -0.4 is 0 Å². The van der Waals surface area contributed by atoms with Crippen LogP contribution in [0.3, 0.4) is 0 Å². The van der Waals surface area contributed by atoms with Gasteiger partial charge in [0.15, 0.2) is 0 Å². The summed E-state index contributed by atoms with van der Waals surface area (Å²) in [5.74, 6) is 1.63. The summed E-state index contributed by atoms with van der Waals surface area (Å²) in [6, 6.07) is 12.0. The van der Waals surface area contributed by atoms with Crippen LogP contribution in [0.4, 0.5) is 0 Å². The molecular weight excluding hydrogens is 368 g/mol. The first-order valence-electron chi connectivity index (χ1n) is 11.7. The van der Waals surface area contributed by atoms with Crippen LogP contribution in [0.15, 0.2) is 40.1 Å². The van der Waals surface area contributed by atoms with Gasteiger partial charge in [-0.25, -0.2) is 0 Å². The summed E-state index contributed by atoms with van der Waals surface area (Å²) >= 11 is 2.02. The van der Waals surface area contributed by atoms with E-state index in [2.05, 4.69) is 85.7 Å². The highest BCUT2D eigenvalue weighted by Gasteiger charge is 2.19. The molecule has 160 valence electrons. The highest BCUT2D eigenvalue weighted by atomic mass is 32.2. The van der Waals surface area contributed by atoms with Crippen molar-refractivity contribution in [2.45, 2.75) is 115 Å². The second kappa shape index (κ2) is 11.3. The van der Waals surface area contributed by atoms with Crippen LogP contribution in [0, 0.1) is 6.92 Å². The van der Waals surface area contributed by atoms with E-state index in [1.54, 1.807) is 0 Å². The van der Waals surface area contributed by atoms with Crippen molar-refractivity contribution in [3.05, 3.63) is 58.1 Å². The van der Waals surface area contributed by atoms with Crippen LogP contribution in [0.5, 0.6) is 0 Å². The maximum Gasteiger partial charge on any atom is 0.0191 e. The molecule has 0 nitrogen and oxygen atoms in total. The van der Waals surface area contributed by atoms with Gasteiger partial charge in [-0.3, -0.25) is 0 Å². The predicted molar refractivity (Wildman–Crippen MR) is 132 cm³/mol. The molecule has 0 heterocycles. The summed E-state index contributed by atoms with van der Waals surface area (Å²) in [6.45, 7) is 18.5. The number of benzene rings is 2. The third kappa shape index (κ3) is 6.64. The van der Waals surface area contributed by atoms with Gasteiger partial charge in [0.05, 0.1) is 0 Å². The Morgan fingerprint density at radius 1 is 0.759 bits per heavy atom. The summed E-state index contributed by atoms with van der Waals surface area (Å²) in [5, 5.41) is 0. The van der Waals surface area contributed by atoms with Gasteiger partial charge >= 0.3 is 0 Å². The van der Waals surface area contributed by atoms with E-state index in [9.17, 15) is 0 Å². The van der Waals surface area contributed by atoms with Gasteiger partial charge in [0, 0.05) is 9.79 Å². The van der Waals surface area contributed by atoms with Crippen LogP contribution in [0.2, 0.25) is 0 Å². The second-order valence-electron chi connectivity index (χ2n) is 9.52. The van der Waals surface area contributed by atoms with Crippen LogP contribution in [-0.2, 0) is 6.42 Å². The zero-order chi connectivity index (χ0) is 21.6. The predicted octanol–water partition coefficient (Wildman–Crippen LogP) is 9.64. The van der Waals surface area contributed by atoms with Crippen LogP contribution in [0.25, 0.3) is 0 Å². The van der Waals surface area contributed by atoms with Crippen LogP contribution in [-0.4, -0.2) is 0 Å². The Kier molecular flexibility index (Phi) is 9.34. The first kappa shape index (κ1) is 24.1. The molecule has 0 saturated carbocycles. The van der Waals surface area contributed by atoms with E-state index < -0.39 is 0 Å². The molecule has 2 aromatic rings. The van der Waals surface area contributed by atoms with E-state index >= 15 is 0 Å². The molecule has 2 rings (SSSR count). The molecule has 0 spiro atoms. The molecule has 0 radical (unpaired) electrons. The standard InChI is InChI=1S/C28H42S/c1-9-10-11-12-13-23-15-14-22(8)16-27(23)29-28-25(20(4)5)17-24(19(2)3)18-26(28)21(6)7/h14-21H,9-13H2,1-8H3. The first-order valence-corrected chi connectivity index (χ1v) is 12.5. The lowest BCUT2D eigenvalue weighted by atomic mass is 9.89. The number of hydrogen-bond acceptors (Lipinski definition) is 1. The molecule has 0 atom stereocenters. The molecule has 0 aliphatic carbocycles. The van der Waals surface area contributed by atoms with Crippen LogP contribution >= 0.6 is 11.8 Å². The van der Waals surface area contributed by atoms with E-state index in [0.29, 0.717) is 17.8 Å². The van der Waals surface area contributed by atoms with Gasteiger partial charge in [-0.15, -0.1) is 0 Å². The van der Waals surface area contributed by atoms with E-state index in [0.717, 1.165) is 0 Å². The van der Waals surface area contributed by atoms with Crippen molar-refractivity contribution in [3.63, 3.8) is 0 Å². The molecule has 0 amide bonds. The Labute approximate surface area is 184 Å². The first-order chi connectivity index (χ1) is 13.7. The molecule has 0 bridgehead atoms. The quantitative estimate of drug-likeness (QED) is 0.351. The maximum absolute atomic E-state index is 2.47. The number of aryl methyl sites for hydroxylation is 2. The Morgan fingerprint density at radius 3 is 1.90 bits per heavy atom. The third-order valence-corrected chi connectivity index (χ3v) is 7.09. The Morgan fingerprint density at radius 2 is 1.38 bits per heavy atom. The third-order valence-electron chi connectivity index (χ3n) is 5.81. The maximum atomic E-state index is 2.47. The zero-order valence-electron chi connectivity index (χ0n) is 20.1. The summed E-state index contributed by atoms with van der Waals surface area (Å²) in [4.78, 5) is 2.96. The second-order valence-corrected chi connectivity index (χ2v) is 10.6. The van der Waals surface area contributed by atoms with E-state index in [-0.39, 0.29) is 0 Å². The van der Waals surface area contributed by atoms with E-state index in [1.807, 2.05) is 11.8 Å². The van der Waals surface area contributed by atoms with Gasteiger partial charge in [-0.05, 0) is 71.4 Å². The van der Waals surface area contributed by atoms with Gasteiger partial charge in [-0.2, -0.15) is 0 Å². The average Bonchev–Trinajstić information content (AvgIpc) is 2.66. The number of unbranched alkanes of at least 4 members (excludes halogenated alkanes) is 3. The minimum absolute atomic E-state index is 0.534. The highest BCUT2D eigenvalue weighted by Crippen LogP contribution is 2.42. The fraction of sp³-hybridized carbons (Fsp3) is 0.571. The van der Waals surface area contributed by atoms with Gasteiger partial charge < -0.3 is 0 Å². The van der Waals surface area contributed by atoms with Crippen molar-refractivity contribution in [1.82, 2.24) is 0 Å². The highest BCUT2D eigenvalue weighted by molar-refractivity contribution is 7.99. The SMILES string of the molecule is CCCCCCc1ccc(C)cc1Sc1c(C(C)C)cc(C(C)C)cc1C(C)C. The Bertz CT molecular complexity index is 754. The molecule has 0 aliphatic rings. The van der Waals surface area contributed by atoms with Crippen molar-refractivity contribution >= 4 is 11.8 Å². The normalized spacial score (nSPS) is 11.8. The lowest BCUT2D eigenvalue weighted by Gasteiger charge is -2.23. The van der Waals surface area contributed by atoms with Crippen LogP contribution in [0.1, 0.15) is 120 Å². The van der Waals surface area contributed by atoms with Gasteiger partial charge in [0.25, 0.3) is 0 Å². The molecular formula is C28H42S. The lowest BCUT2D eigenvalue weighted by molar-refractivity contribution is 0.663. The largest absolute Gasteiger partial charge is 0.0892 e. The summed E-state index contributed by atoms with van der Waals surface area (Å²) in [5.41, 5.74) is 7.40. The Balaban J connectivity index is 2.48. The van der Waals surface area contributed by atoms with Gasteiger partial charge in [0.2, 0.25) is 0 Å². The zero-order valence-corrected chi connectivity index (χ0v) is 20.9. The summed E-state index contributed by atoms with van der Waals surface area (Å²) in [6.07, 6.45) is 6.48. The fourth-order valence-electron chi connectivity index (χ4n) is 3.82. The van der Waals surface area contributed by atoms with Crippen molar-refractivity contribution in [1.29, 1.82) is 0 Å². The smallest absolute Gasteiger partial charge is 0.0191 e. The lowest BCUT2D eigenvalue weighted by Crippen LogP contribution is -2.03. The van der Waals surface area contributed by atoms with E-state index in [1.165, 1.54) is 69.7 Å². The topological polar surface area (TPSA) is 0 Å². The van der Waals surface area contributed by atoms with Crippen molar-refractivity contribution in [2.75, 3.05) is 0 Å². The summed E-state index contributed by atoms with van der Waals surface area (Å²) in [7, 11) is 0. The minimum Gasteiger partial charge on any atom is -0.0892 e. The molecule has 0 aromatic heterocycles. The monoisotopic (exact) mass is 410 g/mol. The van der Waals surface area contributed by atoms with Crippen molar-refractivity contribution < 1.29 is 0 Å².